The molecule has 3 N–H and O–H groups in total. The lowest BCUT2D eigenvalue weighted by atomic mass is 9.83. The number of phenolic OH excluding ortho intramolecular Hbond substituents is 1. The van der Waals surface area contributed by atoms with Crippen molar-refractivity contribution in [2.75, 3.05) is 19.7 Å². The summed E-state index contributed by atoms with van der Waals surface area (Å²) >= 11 is 0. The van der Waals surface area contributed by atoms with E-state index < -0.39 is 6.09 Å². The number of carbonyl (C=O) groups is 2. The lowest BCUT2D eigenvalue weighted by Crippen LogP contribution is -2.30. The van der Waals surface area contributed by atoms with E-state index in [9.17, 15) is 19.8 Å². The van der Waals surface area contributed by atoms with Gasteiger partial charge in [0.2, 0.25) is 0 Å². The average Bonchev–Trinajstić information content (AvgIpc) is 2.95. The molecule has 0 bridgehead atoms. The molecule has 29 heavy (non-hydrogen) atoms. The van der Waals surface area contributed by atoms with Gasteiger partial charge < -0.3 is 25.2 Å². The second kappa shape index (κ2) is 8.03. The van der Waals surface area contributed by atoms with Gasteiger partial charge in [-0.1, -0.05) is 18.2 Å². The highest BCUT2D eigenvalue weighted by Crippen LogP contribution is 2.35. The van der Waals surface area contributed by atoms with Crippen LogP contribution in [0.1, 0.15) is 40.2 Å². The van der Waals surface area contributed by atoms with Gasteiger partial charge in [-0.25, -0.2) is 4.79 Å². The van der Waals surface area contributed by atoms with Gasteiger partial charge in [-0.3, -0.25) is 4.79 Å². The highest BCUT2D eigenvalue weighted by Gasteiger charge is 2.30. The van der Waals surface area contributed by atoms with Crippen LogP contribution in [0.5, 0.6) is 11.5 Å². The maximum absolute atomic E-state index is 11.9. The van der Waals surface area contributed by atoms with Crippen LogP contribution in [0.15, 0.2) is 42.5 Å². The fourth-order valence-corrected chi connectivity index (χ4v) is 4.20. The number of nitrogens with one attached hydrogen (secondary N) is 1. The molecule has 7 nitrogen and oxygen atoms in total. The van der Waals surface area contributed by atoms with Crippen LogP contribution in [-0.4, -0.2) is 46.8 Å². The minimum Gasteiger partial charge on any atom is -0.508 e. The summed E-state index contributed by atoms with van der Waals surface area (Å²) in [7, 11) is 0. The molecule has 0 radical (unpaired) electrons. The van der Waals surface area contributed by atoms with Gasteiger partial charge in [0.15, 0.2) is 0 Å². The highest BCUT2D eigenvalue weighted by atomic mass is 16.5. The van der Waals surface area contributed by atoms with E-state index in [1.807, 2.05) is 24.3 Å². The molecule has 2 aromatic rings. The Morgan fingerprint density at radius 1 is 1.14 bits per heavy atom. The number of nitrogens with zero attached hydrogens (tertiary/aromatic N) is 1. The molecule has 0 saturated carbocycles. The number of fused-ring (bicyclic) bond motifs is 1. The maximum atomic E-state index is 11.9. The van der Waals surface area contributed by atoms with E-state index in [2.05, 4.69) is 5.32 Å². The Bertz CT molecular complexity index is 912. The first kappa shape index (κ1) is 19.1. The first-order valence-electron chi connectivity index (χ1n) is 9.82. The number of carbonyl (C=O) groups excluding carboxylic acids is 1. The summed E-state index contributed by atoms with van der Waals surface area (Å²) in [5, 5.41) is 21.8. The molecule has 1 fully saturated rings. The van der Waals surface area contributed by atoms with Crippen molar-refractivity contribution in [2.24, 2.45) is 5.92 Å². The van der Waals surface area contributed by atoms with Crippen LogP contribution >= 0.6 is 0 Å². The Labute approximate surface area is 168 Å². The Kier molecular flexibility index (Phi) is 5.29. The summed E-state index contributed by atoms with van der Waals surface area (Å²) in [6.07, 6.45) is 0.474. The number of carboxylic acid groups (broad SMARTS) is 1. The summed E-state index contributed by atoms with van der Waals surface area (Å²) in [5.41, 5.74) is 2.68. The van der Waals surface area contributed by atoms with Crippen molar-refractivity contribution in [1.82, 2.24) is 10.2 Å². The lowest BCUT2D eigenvalue weighted by Gasteiger charge is -2.25. The van der Waals surface area contributed by atoms with Gasteiger partial charge in [0, 0.05) is 31.1 Å². The number of benzene rings is 2. The number of ether oxygens (including phenoxy) is 1. The quantitative estimate of drug-likeness (QED) is 0.737. The SMILES string of the molecule is O=C1NCc2ccc(OC[C@H]3CCN(C(=O)O)CC[C@H]3c3ccc(O)cc3)cc21. The normalized spacial score (nSPS) is 21.2. The van der Waals surface area contributed by atoms with Crippen LogP contribution in [0.2, 0.25) is 0 Å². The van der Waals surface area contributed by atoms with Gasteiger partial charge in [-0.15, -0.1) is 0 Å². The van der Waals surface area contributed by atoms with E-state index >= 15 is 0 Å². The molecule has 2 atom stereocenters. The predicted octanol–water partition coefficient (Wildman–Crippen LogP) is 3.19. The molecule has 0 unspecified atom stereocenters. The van der Waals surface area contributed by atoms with E-state index in [0.717, 1.165) is 11.1 Å². The summed E-state index contributed by atoms with van der Waals surface area (Å²) < 4.78 is 6.05. The molecular weight excluding hydrogens is 372 g/mol. The van der Waals surface area contributed by atoms with Crippen molar-refractivity contribution in [3.05, 3.63) is 59.2 Å². The van der Waals surface area contributed by atoms with Crippen LogP contribution in [-0.2, 0) is 6.54 Å². The Morgan fingerprint density at radius 3 is 2.66 bits per heavy atom. The molecule has 2 amide bonds. The Morgan fingerprint density at radius 2 is 1.90 bits per heavy atom. The van der Waals surface area contributed by atoms with E-state index in [-0.39, 0.29) is 23.5 Å². The van der Waals surface area contributed by atoms with Gasteiger partial charge in [0.25, 0.3) is 5.91 Å². The van der Waals surface area contributed by atoms with Crippen LogP contribution in [0.25, 0.3) is 0 Å². The topological polar surface area (TPSA) is 99.1 Å². The summed E-state index contributed by atoms with van der Waals surface area (Å²) in [6, 6.07) is 12.6. The van der Waals surface area contributed by atoms with Gasteiger partial charge in [-0.2, -0.15) is 0 Å². The lowest BCUT2D eigenvalue weighted by molar-refractivity contribution is 0.0965. The summed E-state index contributed by atoms with van der Waals surface area (Å²) in [5.74, 6) is 1.01. The Balaban J connectivity index is 1.52. The number of hydrogen-bond acceptors (Lipinski definition) is 4. The molecule has 0 aliphatic carbocycles. The second-order valence-electron chi connectivity index (χ2n) is 7.62. The van der Waals surface area contributed by atoms with Gasteiger partial charge in [0.05, 0.1) is 6.61 Å². The minimum absolute atomic E-state index is 0.0843. The highest BCUT2D eigenvalue weighted by molar-refractivity contribution is 5.98. The number of aromatic hydroxyl groups is 1. The van der Waals surface area contributed by atoms with E-state index in [0.29, 0.717) is 50.4 Å². The molecule has 7 heteroatoms. The predicted molar refractivity (Wildman–Crippen MR) is 106 cm³/mol. The number of rotatable bonds is 4. The number of phenols is 1. The molecule has 0 aromatic heterocycles. The molecule has 2 aliphatic rings. The van der Waals surface area contributed by atoms with E-state index in [1.165, 1.54) is 4.90 Å². The monoisotopic (exact) mass is 396 g/mol. The standard InChI is InChI=1S/C22H24N2O5/c25-17-4-1-14(2-5-17)19-8-10-24(22(27)28)9-7-16(19)13-29-18-6-3-15-12-23-21(26)20(15)11-18/h1-6,11,16,19,25H,7-10,12-13H2,(H,23,26)(H,27,28)/t16-,19+/m1/s1. The van der Waals surface area contributed by atoms with Gasteiger partial charge in [-0.05, 0) is 54.2 Å². The first-order valence-corrected chi connectivity index (χ1v) is 9.82. The van der Waals surface area contributed by atoms with Crippen molar-refractivity contribution < 1.29 is 24.5 Å². The number of hydrogen-bond donors (Lipinski definition) is 3. The average molecular weight is 396 g/mol. The van der Waals surface area contributed by atoms with Crippen molar-refractivity contribution in [2.45, 2.75) is 25.3 Å². The van der Waals surface area contributed by atoms with Crippen LogP contribution < -0.4 is 10.1 Å². The van der Waals surface area contributed by atoms with E-state index in [4.69, 9.17) is 4.74 Å². The number of likely N-dealkylation sites (tertiary alicyclic amines) is 1. The van der Waals surface area contributed by atoms with Crippen molar-refractivity contribution in [3.8, 4) is 11.5 Å². The van der Waals surface area contributed by atoms with Crippen LogP contribution in [0.4, 0.5) is 4.79 Å². The molecule has 2 heterocycles. The molecule has 4 rings (SSSR count). The minimum atomic E-state index is -0.902. The zero-order valence-corrected chi connectivity index (χ0v) is 16.0. The maximum Gasteiger partial charge on any atom is 0.407 e. The Hall–Kier alpha value is -3.22. The third kappa shape index (κ3) is 4.13. The van der Waals surface area contributed by atoms with Crippen molar-refractivity contribution >= 4 is 12.0 Å². The molecule has 152 valence electrons. The second-order valence-corrected chi connectivity index (χ2v) is 7.62. The summed E-state index contributed by atoms with van der Waals surface area (Å²) in [6.45, 7) is 1.91. The molecule has 1 saturated heterocycles. The van der Waals surface area contributed by atoms with Gasteiger partial charge >= 0.3 is 6.09 Å². The fraction of sp³-hybridized carbons (Fsp3) is 0.364. The van der Waals surface area contributed by atoms with Crippen LogP contribution in [0.3, 0.4) is 0 Å². The summed E-state index contributed by atoms with van der Waals surface area (Å²) in [4.78, 5) is 24.8. The molecule has 0 spiro atoms. The smallest absolute Gasteiger partial charge is 0.407 e. The molecular formula is C22H24N2O5. The fourth-order valence-electron chi connectivity index (χ4n) is 4.20. The third-order valence-electron chi connectivity index (χ3n) is 5.87. The first-order chi connectivity index (χ1) is 14.0. The number of amides is 2. The third-order valence-corrected chi connectivity index (χ3v) is 5.87. The van der Waals surface area contributed by atoms with Crippen molar-refractivity contribution in [1.29, 1.82) is 0 Å². The molecule has 2 aromatic carbocycles. The van der Waals surface area contributed by atoms with Gasteiger partial charge in [0.1, 0.15) is 11.5 Å². The van der Waals surface area contributed by atoms with Crippen LogP contribution in [0, 0.1) is 5.92 Å². The van der Waals surface area contributed by atoms with E-state index in [1.54, 1.807) is 18.2 Å². The molecule has 2 aliphatic heterocycles. The zero-order valence-electron chi connectivity index (χ0n) is 16.0. The van der Waals surface area contributed by atoms with Crippen molar-refractivity contribution in [3.63, 3.8) is 0 Å². The largest absolute Gasteiger partial charge is 0.508 e. The zero-order chi connectivity index (χ0) is 20.4.